The zero-order chi connectivity index (χ0) is 11.9. The fourth-order valence-corrected chi connectivity index (χ4v) is 0.770. The Labute approximate surface area is 87.0 Å². The summed E-state index contributed by atoms with van der Waals surface area (Å²) in [5.41, 5.74) is -2.51. The molecule has 0 aromatic carbocycles. The van der Waals surface area contributed by atoms with Crippen molar-refractivity contribution in [1.29, 1.82) is 10.5 Å². The molecule has 6 nitrogen and oxygen atoms in total. The Kier molecular flexibility index (Phi) is 4.83. The lowest BCUT2D eigenvalue weighted by Crippen LogP contribution is -2.39. The molecule has 0 fully saturated rings. The number of carbonyl (C=O) groups excluding carboxylic acids is 2. The van der Waals surface area contributed by atoms with E-state index in [2.05, 4.69) is 9.47 Å². The van der Waals surface area contributed by atoms with Gasteiger partial charge in [-0.15, -0.1) is 0 Å². The number of rotatable bonds is 4. The van der Waals surface area contributed by atoms with Crippen LogP contribution in [0, 0.1) is 28.1 Å². The van der Waals surface area contributed by atoms with E-state index in [4.69, 9.17) is 10.5 Å². The van der Waals surface area contributed by atoms with Gasteiger partial charge in [0.25, 0.3) is 0 Å². The van der Waals surface area contributed by atoms with Gasteiger partial charge >= 0.3 is 17.4 Å². The molecule has 0 aromatic heterocycles. The van der Waals surface area contributed by atoms with Crippen LogP contribution < -0.4 is 0 Å². The second-order valence-electron chi connectivity index (χ2n) is 2.41. The number of hydrogen-bond donors (Lipinski definition) is 0. The molecule has 15 heavy (non-hydrogen) atoms. The van der Waals surface area contributed by atoms with Crippen LogP contribution in [0.4, 0.5) is 0 Å². The van der Waals surface area contributed by atoms with E-state index in [0.29, 0.717) is 0 Å². The monoisotopic (exact) mass is 210 g/mol. The maximum atomic E-state index is 11.3. The van der Waals surface area contributed by atoms with Gasteiger partial charge in [0.1, 0.15) is 12.1 Å². The van der Waals surface area contributed by atoms with Crippen LogP contribution in [0.1, 0.15) is 13.8 Å². The van der Waals surface area contributed by atoms with Gasteiger partial charge in [-0.1, -0.05) is 0 Å². The Morgan fingerprint density at radius 1 is 1.07 bits per heavy atom. The molecule has 0 saturated carbocycles. The highest BCUT2D eigenvalue weighted by Crippen LogP contribution is 2.19. The molecule has 0 amide bonds. The molecule has 0 aromatic rings. The Morgan fingerprint density at radius 3 is 1.60 bits per heavy atom. The molecule has 80 valence electrons. The molecule has 0 spiro atoms. The fourth-order valence-electron chi connectivity index (χ4n) is 0.770. The predicted octanol–water partition coefficient (Wildman–Crippen LogP) is 0.146. The van der Waals surface area contributed by atoms with E-state index >= 15 is 0 Å². The van der Waals surface area contributed by atoms with E-state index in [-0.39, 0.29) is 13.2 Å². The van der Waals surface area contributed by atoms with Crippen LogP contribution >= 0.6 is 0 Å². The standard InChI is InChI=1S/C9H10N2O4/c1-3-14-7(12)9(5-10,6-11)8(13)15-4-2/h3-4H2,1-2H3. The Balaban J connectivity index is 5.09. The van der Waals surface area contributed by atoms with E-state index in [0.717, 1.165) is 0 Å². The Morgan fingerprint density at radius 2 is 1.40 bits per heavy atom. The van der Waals surface area contributed by atoms with E-state index in [9.17, 15) is 9.59 Å². The van der Waals surface area contributed by atoms with Crippen LogP contribution in [0.3, 0.4) is 0 Å². The van der Waals surface area contributed by atoms with E-state index in [1.165, 1.54) is 26.0 Å². The van der Waals surface area contributed by atoms with E-state index in [1.54, 1.807) is 0 Å². The van der Waals surface area contributed by atoms with Crippen molar-refractivity contribution in [2.24, 2.45) is 5.41 Å². The van der Waals surface area contributed by atoms with Gasteiger partial charge in [0.15, 0.2) is 0 Å². The summed E-state index contributed by atoms with van der Waals surface area (Å²) < 4.78 is 8.94. The van der Waals surface area contributed by atoms with Crippen molar-refractivity contribution in [1.82, 2.24) is 0 Å². The van der Waals surface area contributed by atoms with Gasteiger partial charge in [-0.05, 0) is 13.8 Å². The van der Waals surface area contributed by atoms with Gasteiger partial charge in [0, 0.05) is 0 Å². The summed E-state index contributed by atoms with van der Waals surface area (Å²) in [4.78, 5) is 22.6. The highest BCUT2D eigenvalue weighted by molar-refractivity contribution is 6.06. The largest absolute Gasteiger partial charge is 0.464 e. The summed E-state index contributed by atoms with van der Waals surface area (Å²) >= 11 is 0. The van der Waals surface area contributed by atoms with Crippen molar-refractivity contribution in [3.8, 4) is 12.1 Å². The molecule has 6 heteroatoms. The average molecular weight is 210 g/mol. The minimum absolute atomic E-state index is 0.0245. The molecule has 0 rings (SSSR count). The molecular formula is C9H10N2O4. The summed E-state index contributed by atoms with van der Waals surface area (Å²) in [5, 5.41) is 17.4. The van der Waals surface area contributed by atoms with Crippen LogP contribution in [-0.4, -0.2) is 25.2 Å². The third-order valence-electron chi connectivity index (χ3n) is 1.50. The smallest absolute Gasteiger partial charge is 0.353 e. The van der Waals surface area contributed by atoms with Crippen LogP contribution in [-0.2, 0) is 19.1 Å². The van der Waals surface area contributed by atoms with Gasteiger partial charge in [-0.25, -0.2) is 9.59 Å². The molecule has 0 saturated heterocycles. The van der Waals surface area contributed by atoms with Gasteiger partial charge in [0.05, 0.1) is 13.2 Å². The number of carbonyl (C=O) groups is 2. The molecule has 0 aliphatic heterocycles. The number of nitriles is 2. The predicted molar refractivity (Wildman–Crippen MR) is 46.9 cm³/mol. The first-order chi connectivity index (χ1) is 7.08. The maximum absolute atomic E-state index is 11.3. The summed E-state index contributed by atoms with van der Waals surface area (Å²) in [6.45, 7) is 2.96. The Bertz CT molecular complexity index is 303. The maximum Gasteiger partial charge on any atom is 0.353 e. The van der Waals surface area contributed by atoms with Gasteiger partial charge < -0.3 is 9.47 Å². The Hall–Kier alpha value is -2.08. The number of hydrogen-bond acceptors (Lipinski definition) is 6. The molecule has 0 bridgehead atoms. The second kappa shape index (κ2) is 5.61. The third-order valence-corrected chi connectivity index (χ3v) is 1.50. The summed E-state index contributed by atoms with van der Waals surface area (Å²) in [7, 11) is 0. The normalized spacial score (nSPS) is 9.60. The number of nitrogens with zero attached hydrogens (tertiary/aromatic N) is 2. The fraction of sp³-hybridized carbons (Fsp3) is 0.556. The summed E-state index contributed by atoms with van der Waals surface area (Å²) in [6.07, 6.45) is 0. The van der Waals surface area contributed by atoms with Crippen LogP contribution in [0.15, 0.2) is 0 Å². The molecule has 0 radical (unpaired) electrons. The highest BCUT2D eigenvalue weighted by Gasteiger charge is 2.50. The topological polar surface area (TPSA) is 100 Å². The second-order valence-corrected chi connectivity index (χ2v) is 2.41. The van der Waals surface area contributed by atoms with Gasteiger partial charge in [-0.2, -0.15) is 10.5 Å². The quantitative estimate of drug-likeness (QED) is 0.483. The average Bonchev–Trinajstić information content (AvgIpc) is 2.21. The molecule has 0 atom stereocenters. The van der Waals surface area contributed by atoms with Crippen LogP contribution in [0.5, 0.6) is 0 Å². The molecule has 0 N–H and O–H groups in total. The first-order valence-corrected chi connectivity index (χ1v) is 4.26. The number of ether oxygens (including phenoxy) is 2. The molecule has 0 aliphatic carbocycles. The lowest BCUT2D eigenvalue weighted by atomic mass is 9.92. The number of esters is 2. The minimum atomic E-state index is -2.51. The van der Waals surface area contributed by atoms with Crippen molar-refractivity contribution in [2.75, 3.05) is 13.2 Å². The van der Waals surface area contributed by atoms with Crippen molar-refractivity contribution in [3.05, 3.63) is 0 Å². The minimum Gasteiger partial charge on any atom is -0.464 e. The van der Waals surface area contributed by atoms with Gasteiger partial charge in [0.2, 0.25) is 0 Å². The van der Waals surface area contributed by atoms with Crippen molar-refractivity contribution in [3.63, 3.8) is 0 Å². The zero-order valence-electron chi connectivity index (χ0n) is 8.44. The van der Waals surface area contributed by atoms with Crippen LogP contribution in [0.25, 0.3) is 0 Å². The first kappa shape index (κ1) is 12.9. The molecule has 0 aliphatic rings. The van der Waals surface area contributed by atoms with Crippen molar-refractivity contribution in [2.45, 2.75) is 13.8 Å². The molecule has 0 unspecified atom stereocenters. The summed E-state index contributed by atoms with van der Waals surface area (Å²) in [5.74, 6) is -2.40. The van der Waals surface area contributed by atoms with Gasteiger partial charge in [-0.3, -0.25) is 0 Å². The van der Waals surface area contributed by atoms with Crippen molar-refractivity contribution < 1.29 is 19.1 Å². The molecular weight excluding hydrogens is 200 g/mol. The van der Waals surface area contributed by atoms with E-state index in [1.807, 2.05) is 0 Å². The van der Waals surface area contributed by atoms with Crippen LogP contribution in [0.2, 0.25) is 0 Å². The first-order valence-electron chi connectivity index (χ1n) is 4.26. The highest BCUT2D eigenvalue weighted by atomic mass is 16.6. The third kappa shape index (κ3) is 2.44. The summed E-state index contributed by atoms with van der Waals surface area (Å²) in [6, 6.07) is 2.65. The van der Waals surface area contributed by atoms with E-state index < -0.39 is 17.4 Å². The lowest BCUT2D eigenvalue weighted by Gasteiger charge is -2.14. The zero-order valence-corrected chi connectivity index (χ0v) is 8.44. The molecule has 0 heterocycles. The van der Waals surface area contributed by atoms with Crippen molar-refractivity contribution >= 4 is 11.9 Å². The lowest BCUT2D eigenvalue weighted by molar-refractivity contribution is -0.163. The SMILES string of the molecule is CCOC(=O)C(C#N)(C#N)C(=O)OCC.